The Morgan fingerprint density at radius 1 is 0.974 bits per heavy atom. The molecule has 13 heteroatoms. The van der Waals surface area contributed by atoms with Crippen molar-refractivity contribution >= 4 is 22.6 Å². The van der Waals surface area contributed by atoms with Gasteiger partial charge in [-0.3, -0.25) is 9.69 Å². The minimum absolute atomic E-state index is 0.00265. The van der Waals surface area contributed by atoms with Gasteiger partial charge >= 0.3 is 6.18 Å². The number of halogens is 4. The molecule has 3 aromatic rings. The van der Waals surface area contributed by atoms with Crippen LogP contribution in [-0.4, -0.2) is 84.9 Å². The molecule has 2 fully saturated rings. The number of carbonyl (C=O) groups is 1. The number of nitrogens with one attached hydrogen (secondary N) is 1. The molecule has 0 aliphatic carbocycles. The topological polar surface area (TPSA) is 92.7 Å². The lowest BCUT2D eigenvalue weighted by molar-refractivity contribution is -0.145. The molecule has 0 radical (unpaired) electrons. The normalized spacial score (nSPS) is 17.9. The van der Waals surface area contributed by atoms with Crippen molar-refractivity contribution in [3.8, 4) is 0 Å². The SMILES string of the molecule is O=C(NCC(c1cnc(C(F)(F)F)nc1)N1CCOCC1)c1c(F)ccc2nc(N3CCOCC3)ccc12. The van der Waals surface area contributed by atoms with Crippen molar-refractivity contribution in [2.45, 2.75) is 12.2 Å². The number of ether oxygens (including phenoxy) is 2. The molecule has 0 bridgehead atoms. The molecule has 4 heterocycles. The molecule has 1 aromatic carbocycles. The van der Waals surface area contributed by atoms with Crippen LogP contribution < -0.4 is 10.2 Å². The second-order valence-electron chi connectivity index (χ2n) is 8.97. The second-order valence-corrected chi connectivity index (χ2v) is 8.97. The molecule has 2 aliphatic heterocycles. The third-order valence-electron chi connectivity index (χ3n) is 6.62. The van der Waals surface area contributed by atoms with E-state index < -0.39 is 29.8 Å². The fourth-order valence-corrected chi connectivity index (χ4v) is 4.65. The van der Waals surface area contributed by atoms with Crippen LogP contribution in [0, 0.1) is 5.82 Å². The Morgan fingerprint density at radius 3 is 2.29 bits per heavy atom. The molecular weight excluding hydrogens is 508 g/mol. The first kappa shape index (κ1) is 26.2. The molecule has 202 valence electrons. The summed E-state index contributed by atoms with van der Waals surface area (Å²) >= 11 is 0. The van der Waals surface area contributed by atoms with Crippen molar-refractivity contribution in [2.75, 3.05) is 64.1 Å². The van der Waals surface area contributed by atoms with E-state index in [-0.39, 0.29) is 12.1 Å². The number of pyridine rings is 1. The molecule has 2 saturated heterocycles. The summed E-state index contributed by atoms with van der Waals surface area (Å²) in [7, 11) is 0. The van der Waals surface area contributed by atoms with Gasteiger partial charge in [-0.2, -0.15) is 13.2 Å². The van der Waals surface area contributed by atoms with Gasteiger partial charge in [0.25, 0.3) is 5.91 Å². The van der Waals surface area contributed by atoms with Gasteiger partial charge < -0.3 is 19.7 Å². The predicted octanol–water partition coefficient (Wildman–Crippen LogP) is 2.82. The van der Waals surface area contributed by atoms with E-state index in [1.807, 2.05) is 4.90 Å². The van der Waals surface area contributed by atoms with Crippen molar-refractivity contribution in [1.82, 2.24) is 25.2 Å². The Bertz CT molecular complexity index is 1280. The van der Waals surface area contributed by atoms with Crippen LogP contribution in [0.3, 0.4) is 0 Å². The number of hydrogen-bond acceptors (Lipinski definition) is 8. The number of alkyl halides is 3. The number of rotatable bonds is 6. The molecule has 0 spiro atoms. The highest BCUT2D eigenvalue weighted by molar-refractivity contribution is 6.06. The lowest BCUT2D eigenvalue weighted by atomic mass is 10.1. The first-order valence-electron chi connectivity index (χ1n) is 12.2. The van der Waals surface area contributed by atoms with E-state index in [9.17, 15) is 22.4 Å². The minimum atomic E-state index is -4.66. The summed E-state index contributed by atoms with van der Waals surface area (Å²) in [5.74, 6) is -1.88. The van der Waals surface area contributed by atoms with E-state index in [1.54, 1.807) is 12.1 Å². The molecule has 2 aromatic heterocycles. The van der Waals surface area contributed by atoms with Gasteiger partial charge in [0.05, 0.1) is 43.5 Å². The van der Waals surface area contributed by atoms with Gasteiger partial charge in [-0.05, 0) is 24.3 Å². The van der Waals surface area contributed by atoms with Gasteiger partial charge in [-0.15, -0.1) is 0 Å². The van der Waals surface area contributed by atoms with Crippen LogP contribution in [0.5, 0.6) is 0 Å². The maximum absolute atomic E-state index is 14.9. The molecular formula is C25H26F4N6O3. The van der Waals surface area contributed by atoms with Gasteiger partial charge in [0.2, 0.25) is 5.82 Å². The number of hydrogen-bond donors (Lipinski definition) is 1. The zero-order valence-corrected chi connectivity index (χ0v) is 20.4. The van der Waals surface area contributed by atoms with E-state index in [1.165, 1.54) is 12.1 Å². The van der Waals surface area contributed by atoms with Crippen LogP contribution in [-0.2, 0) is 15.7 Å². The number of benzene rings is 1. The Kier molecular flexibility index (Phi) is 7.68. The van der Waals surface area contributed by atoms with Crippen LogP contribution in [0.25, 0.3) is 10.9 Å². The minimum Gasteiger partial charge on any atom is -0.379 e. The Labute approximate surface area is 215 Å². The van der Waals surface area contributed by atoms with Gasteiger partial charge in [-0.25, -0.2) is 19.3 Å². The van der Waals surface area contributed by atoms with Crippen LogP contribution in [0.4, 0.5) is 23.4 Å². The van der Waals surface area contributed by atoms with Crippen molar-refractivity contribution in [1.29, 1.82) is 0 Å². The van der Waals surface area contributed by atoms with Crippen LogP contribution >= 0.6 is 0 Å². The average molecular weight is 535 g/mol. The summed E-state index contributed by atoms with van der Waals surface area (Å²) in [5, 5.41) is 3.12. The molecule has 0 saturated carbocycles. The van der Waals surface area contributed by atoms with Crippen LogP contribution in [0.2, 0.25) is 0 Å². The van der Waals surface area contributed by atoms with Crippen LogP contribution in [0.15, 0.2) is 36.7 Å². The van der Waals surface area contributed by atoms with Gasteiger partial charge in [0.15, 0.2) is 0 Å². The molecule has 1 atom stereocenters. The molecule has 2 aliphatic rings. The summed E-state index contributed by atoms with van der Waals surface area (Å²) < 4.78 is 64.5. The first-order chi connectivity index (χ1) is 18.3. The largest absolute Gasteiger partial charge is 0.451 e. The summed E-state index contributed by atoms with van der Waals surface area (Å²) in [6.45, 7) is 4.41. The highest BCUT2D eigenvalue weighted by Crippen LogP contribution is 2.28. The highest BCUT2D eigenvalue weighted by Gasteiger charge is 2.35. The number of fused-ring (bicyclic) bond motifs is 1. The van der Waals surface area contributed by atoms with E-state index >= 15 is 0 Å². The predicted molar refractivity (Wildman–Crippen MR) is 129 cm³/mol. The number of anilines is 1. The average Bonchev–Trinajstić information content (AvgIpc) is 2.93. The number of amides is 1. The third kappa shape index (κ3) is 5.69. The van der Waals surface area contributed by atoms with Gasteiger partial charge in [-0.1, -0.05) is 0 Å². The van der Waals surface area contributed by atoms with Gasteiger partial charge in [0, 0.05) is 56.1 Å². The molecule has 1 unspecified atom stereocenters. The fourth-order valence-electron chi connectivity index (χ4n) is 4.65. The Balaban J connectivity index is 1.38. The quantitative estimate of drug-likeness (QED) is 0.483. The van der Waals surface area contributed by atoms with Gasteiger partial charge in [0.1, 0.15) is 11.6 Å². The summed E-state index contributed by atoms with van der Waals surface area (Å²) in [4.78, 5) is 28.8. The molecule has 38 heavy (non-hydrogen) atoms. The van der Waals surface area contributed by atoms with Crippen molar-refractivity contribution < 1.29 is 31.8 Å². The van der Waals surface area contributed by atoms with E-state index in [0.717, 1.165) is 12.4 Å². The van der Waals surface area contributed by atoms with Crippen molar-refractivity contribution in [3.63, 3.8) is 0 Å². The lowest BCUT2D eigenvalue weighted by Crippen LogP contribution is -2.44. The smallest absolute Gasteiger partial charge is 0.379 e. The van der Waals surface area contributed by atoms with Crippen LogP contribution in [0.1, 0.15) is 27.8 Å². The summed E-state index contributed by atoms with van der Waals surface area (Å²) in [6, 6.07) is 5.63. The summed E-state index contributed by atoms with van der Waals surface area (Å²) in [6.07, 6.45) is -2.45. The maximum atomic E-state index is 14.9. The van der Waals surface area contributed by atoms with E-state index in [0.29, 0.717) is 74.9 Å². The maximum Gasteiger partial charge on any atom is 0.451 e. The Hall–Kier alpha value is -3.42. The number of carbonyl (C=O) groups excluding carboxylic acids is 1. The second kappa shape index (κ2) is 11.1. The first-order valence-corrected chi connectivity index (χ1v) is 12.2. The molecule has 5 rings (SSSR count). The standard InChI is InChI=1S/C25H26F4N6O3/c26-18-2-3-19-17(1-4-21(33-19)35-7-11-38-12-8-35)22(18)23(36)30-15-20(34-5-9-37-10-6-34)16-13-31-24(32-14-16)25(27,28)29/h1-4,13-14,20H,5-12,15H2,(H,30,36). The summed E-state index contributed by atoms with van der Waals surface area (Å²) in [5.41, 5.74) is 0.727. The zero-order chi connectivity index (χ0) is 26.7. The Morgan fingerprint density at radius 2 is 1.63 bits per heavy atom. The molecule has 1 N–H and O–H groups in total. The lowest BCUT2D eigenvalue weighted by Gasteiger charge is -2.34. The van der Waals surface area contributed by atoms with E-state index in [4.69, 9.17) is 9.47 Å². The monoisotopic (exact) mass is 534 g/mol. The number of aromatic nitrogens is 3. The highest BCUT2D eigenvalue weighted by atomic mass is 19.4. The zero-order valence-electron chi connectivity index (χ0n) is 20.4. The fraction of sp³-hybridized carbons (Fsp3) is 0.440. The van der Waals surface area contributed by atoms with Crippen molar-refractivity contribution in [3.05, 3.63) is 59.4 Å². The molecule has 9 nitrogen and oxygen atoms in total. The number of nitrogens with zero attached hydrogens (tertiary/aromatic N) is 5. The van der Waals surface area contributed by atoms with Crippen molar-refractivity contribution in [2.24, 2.45) is 0 Å². The van der Waals surface area contributed by atoms with E-state index in [2.05, 4.69) is 25.2 Å². The number of morpholine rings is 2. The molecule has 1 amide bonds. The third-order valence-corrected chi connectivity index (χ3v) is 6.62.